The summed E-state index contributed by atoms with van der Waals surface area (Å²) in [7, 11) is 0. The fraction of sp³-hybridized carbons (Fsp3) is 0.652. The van der Waals surface area contributed by atoms with Crippen LogP contribution in [0, 0.1) is 6.92 Å². The minimum absolute atomic E-state index is 0.00633. The highest BCUT2D eigenvalue weighted by atomic mass is 32.2. The van der Waals surface area contributed by atoms with Crippen molar-refractivity contribution in [2.75, 3.05) is 18.9 Å². The predicted octanol–water partition coefficient (Wildman–Crippen LogP) is 5.41. The smallest absolute Gasteiger partial charge is 0.320 e. The molecule has 5 nitrogen and oxygen atoms in total. The lowest BCUT2D eigenvalue weighted by Crippen LogP contribution is -2.25. The molecule has 0 amide bonds. The van der Waals surface area contributed by atoms with E-state index in [0.717, 1.165) is 47.4 Å². The Morgan fingerprint density at radius 3 is 2.21 bits per heavy atom. The summed E-state index contributed by atoms with van der Waals surface area (Å²) < 4.78 is 10.7. The molecule has 164 valence electrons. The lowest BCUT2D eigenvalue weighted by atomic mass is 9.85. The third kappa shape index (κ3) is 8.69. The highest BCUT2D eigenvalue weighted by molar-refractivity contribution is 8.00. The molecule has 1 unspecified atom stereocenters. The van der Waals surface area contributed by atoms with Gasteiger partial charge in [0.2, 0.25) is 0 Å². The highest BCUT2D eigenvalue weighted by Gasteiger charge is 2.27. The monoisotopic (exact) mass is 423 g/mol. The molecule has 0 fully saturated rings. The van der Waals surface area contributed by atoms with Crippen LogP contribution in [0.15, 0.2) is 17.0 Å². The van der Waals surface area contributed by atoms with Gasteiger partial charge in [0.25, 0.3) is 0 Å². The number of carbonyl (C=O) groups excluding carboxylic acids is 2. The summed E-state index contributed by atoms with van der Waals surface area (Å²) in [5, 5.41) is -0.642. The molecule has 0 aromatic heterocycles. The quantitative estimate of drug-likeness (QED) is 0.222. The number of hydrogen-bond donors (Lipinski definition) is 1. The zero-order valence-electron chi connectivity index (χ0n) is 18.8. The minimum Gasteiger partial charge on any atom is -0.466 e. The van der Waals surface area contributed by atoms with Gasteiger partial charge in [-0.15, -0.1) is 11.8 Å². The first-order valence-corrected chi connectivity index (χ1v) is 11.4. The second kappa shape index (κ2) is 12.1. The fourth-order valence-electron chi connectivity index (χ4n) is 2.74. The molecule has 1 aromatic rings. The Labute approximate surface area is 180 Å². The summed E-state index contributed by atoms with van der Waals surface area (Å²) >= 11 is 1.34. The van der Waals surface area contributed by atoms with Crippen LogP contribution in [0.3, 0.4) is 0 Å². The molecule has 1 rings (SSSR count). The molecule has 0 aliphatic heterocycles. The van der Waals surface area contributed by atoms with Gasteiger partial charge in [-0.05, 0) is 48.4 Å². The molecule has 0 radical (unpaired) electrons. The summed E-state index contributed by atoms with van der Waals surface area (Å²) in [6.07, 6.45) is 3.50. The van der Waals surface area contributed by atoms with Crippen molar-refractivity contribution in [2.45, 2.75) is 89.2 Å². The van der Waals surface area contributed by atoms with Crippen molar-refractivity contribution in [3.63, 3.8) is 0 Å². The Kier molecular flexibility index (Phi) is 10.6. The van der Waals surface area contributed by atoms with Crippen molar-refractivity contribution >= 4 is 29.4 Å². The highest BCUT2D eigenvalue weighted by Crippen LogP contribution is 2.36. The molecule has 0 saturated carbocycles. The summed E-state index contributed by atoms with van der Waals surface area (Å²) in [6, 6.07) is 3.98. The molecule has 0 heterocycles. The number of nitrogens with two attached hydrogens (primary N) is 1. The van der Waals surface area contributed by atoms with Gasteiger partial charge in [0.15, 0.2) is 0 Å². The molecule has 0 aliphatic rings. The summed E-state index contributed by atoms with van der Waals surface area (Å²) in [5.74, 6) is -0.741. The van der Waals surface area contributed by atoms with E-state index in [0.29, 0.717) is 13.2 Å². The SMILES string of the molecule is CCCCOC(=O)CC(Sc1cc(C)c(N)c(C(C)(C)C)c1)C(=O)OCCCC. The molecule has 0 saturated heterocycles. The van der Waals surface area contributed by atoms with Crippen molar-refractivity contribution in [2.24, 2.45) is 0 Å². The number of rotatable bonds is 11. The largest absolute Gasteiger partial charge is 0.466 e. The van der Waals surface area contributed by atoms with E-state index in [1.165, 1.54) is 11.8 Å². The number of hydrogen-bond acceptors (Lipinski definition) is 6. The van der Waals surface area contributed by atoms with Crippen LogP contribution < -0.4 is 5.73 Å². The Morgan fingerprint density at radius 1 is 1.07 bits per heavy atom. The topological polar surface area (TPSA) is 78.6 Å². The van der Waals surface area contributed by atoms with E-state index < -0.39 is 5.25 Å². The standard InChI is InChI=1S/C23H37NO4S/c1-7-9-11-27-20(25)15-19(22(26)28-12-10-8-2)29-17-13-16(3)21(24)18(14-17)23(4,5)6/h13-14,19H,7-12,15,24H2,1-6H3. The molecule has 6 heteroatoms. The van der Waals surface area contributed by atoms with E-state index in [1.807, 2.05) is 32.9 Å². The van der Waals surface area contributed by atoms with E-state index in [1.54, 1.807) is 0 Å². The zero-order chi connectivity index (χ0) is 22.0. The zero-order valence-corrected chi connectivity index (χ0v) is 19.6. The molecular weight excluding hydrogens is 386 g/mol. The molecular formula is C23H37NO4S. The van der Waals surface area contributed by atoms with Crippen molar-refractivity contribution < 1.29 is 19.1 Å². The molecule has 2 N–H and O–H groups in total. The fourth-order valence-corrected chi connectivity index (χ4v) is 3.88. The first-order valence-electron chi connectivity index (χ1n) is 10.5. The first-order chi connectivity index (χ1) is 13.6. The van der Waals surface area contributed by atoms with Crippen LogP contribution in [-0.2, 0) is 24.5 Å². The van der Waals surface area contributed by atoms with E-state index in [9.17, 15) is 9.59 Å². The van der Waals surface area contributed by atoms with Gasteiger partial charge in [0, 0.05) is 10.6 Å². The number of benzene rings is 1. The lowest BCUT2D eigenvalue weighted by molar-refractivity contribution is -0.149. The maximum atomic E-state index is 12.6. The molecule has 0 spiro atoms. The van der Waals surface area contributed by atoms with Gasteiger partial charge < -0.3 is 15.2 Å². The van der Waals surface area contributed by atoms with E-state index in [4.69, 9.17) is 15.2 Å². The maximum Gasteiger partial charge on any atom is 0.320 e. The van der Waals surface area contributed by atoms with Gasteiger partial charge in [0.1, 0.15) is 5.25 Å². The van der Waals surface area contributed by atoms with Crippen LogP contribution in [0.2, 0.25) is 0 Å². The first kappa shape index (κ1) is 25.3. The third-order valence-electron chi connectivity index (χ3n) is 4.56. The number of aryl methyl sites for hydroxylation is 1. The number of esters is 2. The Morgan fingerprint density at radius 2 is 1.66 bits per heavy atom. The van der Waals surface area contributed by atoms with Gasteiger partial charge in [0.05, 0.1) is 19.6 Å². The number of unbranched alkanes of at least 4 members (excludes halogenated alkanes) is 2. The van der Waals surface area contributed by atoms with Gasteiger partial charge in [-0.1, -0.05) is 47.5 Å². The summed E-state index contributed by atoms with van der Waals surface area (Å²) in [5.41, 5.74) is 8.92. The third-order valence-corrected chi connectivity index (χ3v) is 5.72. The number of carbonyl (C=O) groups is 2. The number of nitrogen functional groups attached to an aromatic ring is 1. The molecule has 1 atom stereocenters. The van der Waals surface area contributed by atoms with Crippen LogP contribution in [0.4, 0.5) is 5.69 Å². The van der Waals surface area contributed by atoms with E-state index in [-0.39, 0.29) is 23.8 Å². The van der Waals surface area contributed by atoms with Crippen molar-refractivity contribution in [3.8, 4) is 0 Å². The van der Waals surface area contributed by atoms with Crippen LogP contribution in [0.1, 0.15) is 77.8 Å². The molecule has 29 heavy (non-hydrogen) atoms. The Bertz CT molecular complexity index is 682. The Balaban J connectivity index is 3.02. The van der Waals surface area contributed by atoms with Crippen LogP contribution in [0.5, 0.6) is 0 Å². The molecule has 0 bridgehead atoms. The number of thioether (sulfide) groups is 1. The average molecular weight is 424 g/mol. The molecule has 0 aliphatic carbocycles. The number of anilines is 1. The van der Waals surface area contributed by atoms with Gasteiger partial charge in [-0.3, -0.25) is 9.59 Å². The van der Waals surface area contributed by atoms with Crippen LogP contribution >= 0.6 is 11.8 Å². The van der Waals surface area contributed by atoms with Crippen LogP contribution in [0.25, 0.3) is 0 Å². The van der Waals surface area contributed by atoms with Crippen molar-refractivity contribution in [3.05, 3.63) is 23.3 Å². The van der Waals surface area contributed by atoms with Gasteiger partial charge in [-0.2, -0.15) is 0 Å². The minimum atomic E-state index is -0.642. The second-order valence-electron chi connectivity index (χ2n) is 8.36. The Hall–Kier alpha value is -1.69. The van der Waals surface area contributed by atoms with Gasteiger partial charge >= 0.3 is 11.9 Å². The van der Waals surface area contributed by atoms with Gasteiger partial charge in [-0.25, -0.2) is 0 Å². The average Bonchev–Trinajstić information content (AvgIpc) is 2.63. The normalized spacial score (nSPS) is 12.5. The summed E-state index contributed by atoms with van der Waals surface area (Å²) in [4.78, 5) is 25.8. The van der Waals surface area contributed by atoms with Crippen molar-refractivity contribution in [1.29, 1.82) is 0 Å². The predicted molar refractivity (Wildman–Crippen MR) is 120 cm³/mol. The molecule has 1 aromatic carbocycles. The van der Waals surface area contributed by atoms with Crippen molar-refractivity contribution in [1.82, 2.24) is 0 Å². The second-order valence-corrected chi connectivity index (χ2v) is 9.63. The number of ether oxygens (including phenoxy) is 2. The van der Waals surface area contributed by atoms with Crippen LogP contribution in [-0.4, -0.2) is 30.4 Å². The van der Waals surface area contributed by atoms with E-state index >= 15 is 0 Å². The summed E-state index contributed by atoms with van der Waals surface area (Å²) in [6.45, 7) is 13.1. The lowest BCUT2D eigenvalue weighted by Gasteiger charge is -2.24. The van der Waals surface area contributed by atoms with E-state index in [2.05, 4.69) is 20.8 Å². The maximum absolute atomic E-state index is 12.6.